The number of aryl methyl sites for hydroxylation is 2. The number of fused-ring (bicyclic) bond motifs is 2. The van der Waals surface area contributed by atoms with E-state index in [9.17, 15) is 36.0 Å². The van der Waals surface area contributed by atoms with Crippen LogP contribution in [0, 0.1) is 13.8 Å². The van der Waals surface area contributed by atoms with E-state index in [2.05, 4.69) is 4.74 Å². The Kier molecular flexibility index (Phi) is 10.2. The minimum Gasteiger partial charge on any atom is -0.477 e. The second-order valence-corrected chi connectivity index (χ2v) is 17.0. The summed E-state index contributed by atoms with van der Waals surface area (Å²) >= 11 is 2.11. The van der Waals surface area contributed by atoms with Gasteiger partial charge < -0.3 is 18.7 Å². The van der Waals surface area contributed by atoms with Crippen molar-refractivity contribution in [2.75, 3.05) is 29.8 Å². The van der Waals surface area contributed by atoms with E-state index >= 15 is 0 Å². The lowest BCUT2D eigenvalue weighted by Crippen LogP contribution is -2.25. The Hall–Kier alpha value is -5.30. The third kappa shape index (κ3) is 7.43. The van der Waals surface area contributed by atoms with Gasteiger partial charge >= 0.3 is 23.2 Å². The number of carbonyl (C=O) groups is 2. The fraction of sp³-hybridized carbons (Fsp3) is 0.152. The lowest BCUT2D eigenvalue weighted by Gasteiger charge is -2.17. The van der Waals surface area contributed by atoms with E-state index in [-0.39, 0.29) is 26.5 Å². The van der Waals surface area contributed by atoms with Gasteiger partial charge in [0.2, 0.25) is 0 Å². The van der Waals surface area contributed by atoms with Gasteiger partial charge in [-0.05, 0) is 50.2 Å². The van der Waals surface area contributed by atoms with Gasteiger partial charge in [-0.1, -0.05) is 35.4 Å². The maximum Gasteiger partial charge on any atom is 0.351 e. The Morgan fingerprint density at radius 2 is 1.04 bits per heavy atom. The number of carboxylic acid groups (broad SMARTS) is 1. The molecule has 1 N–H and O–H groups in total. The highest BCUT2D eigenvalue weighted by Crippen LogP contribution is 2.36. The third-order valence-electron chi connectivity index (χ3n) is 7.44. The fourth-order valence-corrected chi connectivity index (χ4v) is 9.27. The molecule has 2 aromatic carbocycles. The molecule has 51 heavy (non-hydrogen) atoms. The van der Waals surface area contributed by atoms with Crippen molar-refractivity contribution >= 4 is 85.2 Å². The molecule has 4 heterocycles. The summed E-state index contributed by atoms with van der Waals surface area (Å²) in [6.07, 6.45) is 0. The smallest absolute Gasteiger partial charge is 0.351 e. The molecule has 0 aliphatic carbocycles. The van der Waals surface area contributed by atoms with Crippen molar-refractivity contribution in [1.29, 1.82) is 0 Å². The average molecular weight is 773 g/mol. The summed E-state index contributed by atoms with van der Waals surface area (Å²) in [5.41, 5.74) is -0.319. The maximum atomic E-state index is 12.8. The van der Waals surface area contributed by atoms with Crippen molar-refractivity contribution in [2.24, 2.45) is 0 Å². The van der Waals surface area contributed by atoms with E-state index < -0.39 is 48.8 Å². The van der Waals surface area contributed by atoms with Gasteiger partial charge in [0.1, 0.15) is 21.1 Å². The number of hydrogen-bond donors (Lipinski definition) is 1. The average Bonchev–Trinajstić information content (AvgIpc) is 3.70. The minimum absolute atomic E-state index is 0.130. The number of carbonyl (C=O) groups excluding carboxylic acids is 1. The highest BCUT2D eigenvalue weighted by Gasteiger charge is 2.26. The molecule has 4 aromatic heterocycles. The predicted molar refractivity (Wildman–Crippen MR) is 193 cm³/mol. The zero-order valence-electron chi connectivity index (χ0n) is 27.4. The van der Waals surface area contributed by atoms with Crippen LogP contribution >= 0.6 is 22.7 Å². The monoisotopic (exact) mass is 772 g/mol. The number of benzene rings is 2. The first-order valence-electron chi connectivity index (χ1n) is 14.5. The van der Waals surface area contributed by atoms with E-state index in [4.69, 9.17) is 13.9 Å². The summed E-state index contributed by atoms with van der Waals surface area (Å²) in [6.45, 7) is 3.72. The van der Waals surface area contributed by atoms with Crippen LogP contribution in [0.25, 0.3) is 20.6 Å². The van der Waals surface area contributed by atoms with Crippen molar-refractivity contribution in [3.05, 3.63) is 116 Å². The Balaban J connectivity index is 0.000000198. The molecule has 0 atom stereocenters. The maximum absolute atomic E-state index is 12.8. The molecule has 0 aliphatic rings. The number of anilines is 2. The van der Waals surface area contributed by atoms with Gasteiger partial charge in [0, 0.05) is 26.2 Å². The molecule has 0 amide bonds. The number of sulfonamides is 2. The Labute approximate surface area is 298 Å². The number of ether oxygens (including phenoxy) is 1. The number of nitrogens with zero attached hydrogens (tertiary/aromatic N) is 2. The first-order chi connectivity index (χ1) is 23.9. The summed E-state index contributed by atoms with van der Waals surface area (Å²) < 4.78 is 68.6. The fourth-order valence-electron chi connectivity index (χ4n) is 4.49. The van der Waals surface area contributed by atoms with E-state index in [1.54, 1.807) is 24.3 Å². The van der Waals surface area contributed by atoms with Crippen LogP contribution < -0.4 is 19.9 Å². The minimum atomic E-state index is -3.79. The summed E-state index contributed by atoms with van der Waals surface area (Å²) in [6, 6.07) is 18.3. The van der Waals surface area contributed by atoms with Crippen LogP contribution in [0.2, 0.25) is 0 Å². The molecule has 6 aromatic rings. The van der Waals surface area contributed by atoms with Gasteiger partial charge in [-0.25, -0.2) is 36.0 Å². The van der Waals surface area contributed by atoms with Gasteiger partial charge in [-0.2, -0.15) is 0 Å². The van der Waals surface area contributed by atoms with Crippen LogP contribution in [0.5, 0.6) is 0 Å². The van der Waals surface area contributed by atoms with E-state index in [0.717, 1.165) is 49.5 Å². The largest absolute Gasteiger partial charge is 0.477 e. The van der Waals surface area contributed by atoms with Crippen molar-refractivity contribution in [1.82, 2.24) is 0 Å². The van der Waals surface area contributed by atoms with Crippen LogP contribution in [0.4, 0.5) is 10.0 Å². The topological polar surface area (TPSA) is 199 Å². The summed E-state index contributed by atoms with van der Waals surface area (Å²) in [7, 11) is -3.59. The second-order valence-electron chi connectivity index (χ2n) is 10.9. The highest BCUT2D eigenvalue weighted by molar-refractivity contribution is 7.93. The lowest BCUT2D eigenvalue weighted by molar-refractivity contribution is 0.0595. The predicted octanol–water partition coefficient (Wildman–Crippen LogP) is 5.46. The number of thiophene rings is 2. The van der Waals surface area contributed by atoms with Gasteiger partial charge in [0.25, 0.3) is 20.0 Å². The molecule has 0 radical (unpaired) electrons. The van der Waals surface area contributed by atoms with Crippen LogP contribution in [0.1, 0.15) is 31.8 Å². The van der Waals surface area contributed by atoms with Gasteiger partial charge in [-0.15, -0.1) is 22.7 Å². The Morgan fingerprint density at radius 1 is 0.667 bits per heavy atom. The van der Waals surface area contributed by atoms with Crippen molar-refractivity contribution < 1.29 is 45.1 Å². The number of aromatic carboxylic acids is 1. The molecule has 6 rings (SSSR count). The zero-order valence-corrected chi connectivity index (χ0v) is 30.7. The second kappa shape index (κ2) is 14.1. The van der Waals surface area contributed by atoms with Crippen LogP contribution in [-0.2, 0) is 24.8 Å². The number of carboxylic acids is 1. The first kappa shape index (κ1) is 37.0. The summed E-state index contributed by atoms with van der Waals surface area (Å²) in [5, 5.41) is 9.64. The normalized spacial score (nSPS) is 11.5. The summed E-state index contributed by atoms with van der Waals surface area (Å²) in [4.78, 5) is 46.4. The Morgan fingerprint density at radius 3 is 1.41 bits per heavy atom. The highest BCUT2D eigenvalue weighted by atomic mass is 32.2. The molecule has 0 fully saturated rings. The lowest BCUT2D eigenvalue weighted by atomic mass is 10.2. The molecule has 0 unspecified atom stereocenters. The van der Waals surface area contributed by atoms with Gasteiger partial charge in [-0.3, -0.25) is 8.61 Å². The van der Waals surface area contributed by atoms with Crippen LogP contribution in [0.3, 0.4) is 0 Å². The zero-order chi connectivity index (χ0) is 37.4. The summed E-state index contributed by atoms with van der Waals surface area (Å²) in [5.74, 6) is -2.21. The third-order valence-corrected chi connectivity index (χ3v) is 13.5. The molecule has 0 saturated heterocycles. The molecular weight excluding hydrogens is 745 g/mol. The number of methoxy groups -OCH3 is 1. The standard InChI is InChI=1S/C17H15NO6S2.C16H13NO6S2/c1-10-4-6-11(7-5-10)26(21,22)18(2)15-9-13-14(25-15)8-12(16(19)23-3)17(20)24-13;1-9-3-5-10(6-4-9)25(21,22)17(2)14-8-12-13(24-14)7-11(15(18)19)16(20)23-12/h4-9H,1-3H3;3-8H,1-2H3,(H,18,19). The van der Waals surface area contributed by atoms with Crippen molar-refractivity contribution in [3.8, 4) is 0 Å². The molecule has 0 aliphatic heterocycles. The van der Waals surface area contributed by atoms with Crippen molar-refractivity contribution in [2.45, 2.75) is 23.6 Å². The first-order valence-corrected chi connectivity index (χ1v) is 19.0. The van der Waals surface area contributed by atoms with Gasteiger partial charge in [0.05, 0.1) is 26.3 Å². The molecule has 0 spiro atoms. The molecule has 14 nitrogen and oxygen atoms in total. The number of hydrogen-bond acceptors (Lipinski definition) is 13. The Bertz CT molecular complexity index is 2640. The quantitative estimate of drug-likeness (QED) is 0.192. The SMILES string of the molecule is COC(=O)c1cc2sc(N(C)S(=O)(=O)c3ccc(C)cc3)cc2oc1=O.Cc1ccc(S(=O)(=O)N(C)c2cc3oc(=O)c(C(=O)O)cc3s2)cc1. The van der Waals surface area contributed by atoms with E-state index in [1.165, 1.54) is 62.6 Å². The molecule has 0 saturated carbocycles. The molecule has 266 valence electrons. The van der Waals surface area contributed by atoms with Crippen molar-refractivity contribution in [3.63, 3.8) is 0 Å². The molecule has 18 heteroatoms. The number of esters is 1. The van der Waals surface area contributed by atoms with E-state index in [0.29, 0.717) is 19.4 Å². The molecular formula is C33H28N2O12S4. The molecule has 0 bridgehead atoms. The van der Waals surface area contributed by atoms with Crippen LogP contribution in [0.15, 0.2) is 101 Å². The van der Waals surface area contributed by atoms with Crippen LogP contribution in [-0.4, -0.2) is 55.1 Å². The van der Waals surface area contributed by atoms with E-state index in [1.807, 2.05) is 13.8 Å². The number of rotatable bonds is 8. The van der Waals surface area contributed by atoms with Gasteiger partial charge in [0.15, 0.2) is 11.2 Å².